The standard InChI is InChI=1S/C22H24N4O3/c1-3-29-19-10-6-17(7-11-19)24-21-13-12-20(25-26-21)22(27)23-15-14-16-4-8-18(28-2)9-5-16/h4-13H,3,14-15H2,1-2H3,(H,23,27)(H,24,26). The van der Waals surface area contributed by atoms with Crippen molar-refractivity contribution in [2.75, 3.05) is 25.6 Å². The molecule has 3 aromatic rings. The summed E-state index contributed by atoms with van der Waals surface area (Å²) >= 11 is 0. The number of methoxy groups -OCH3 is 1. The lowest BCUT2D eigenvalue weighted by atomic mass is 10.1. The number of hydrogen-bond acceptors (Lipinski definition) is 6. The molecule has 0 unspecified atom stereocenters. The van der Waals surface area contributed by atoms with Crippen molar-refractivity contribution in [1.82, 2.24) is 15.5 Å². The van der Waals surface area contributed by atoms with Crippen LogP contribution in [0.2, 0.25) is 0 Å². The number of aromatic nitrogens is 2. The van der Waals surface area contributed by atoms with Crippen LogP contribution < -0.4 is 20.1 Å². The highest BCUT2D eigenvalue weighted by atomic mass is 16.5. The number of rotatable bonds is 9. The summed E-state index contributed by atoms with van der Waals surface area (Å²) in [7, 11) is 1.63. The minimum Gasteiger partial charge on any atom is -0.497 e. The number of anilines is 2. The summed E-state index contributed by atoms with van der Waals surface area (Å²) in [6.45, 7) is 3.08. The predicted octanol–water partition coefficient (Wildman–Crippen LogP) is 3.60. The summed E-state index contributed by atoms with van der Waals surface area (Å²) in [5, 5.41) is 14.1. The van der Waals surface area contributed by atoms with Crippen LogP contribution in [0.1, 0.15) is 23.0 Å². The predicted molar refractivity (Wildman–Crippen MR) is 112 cm³/mol. The van der Waals surface area contributed by atoms with E-state index in [0.717, 1.165) is 29.2 Å². The van der Waals surface area contributed by atoms with Crippen LogP contribution >= 0.6 is 0 Å². The van der Waals surface area contributed by atoms with Crippen LogP contribution in [0.4, 0.5) is 11.5 Å². The molecule has 0 aliphatic rings. The Hall–Kier alpha value is -3.61. The van der Waals surface area contributed by atoms with E-state index < -0.39 is 0 Å². The van der Waals surface area contributed by atoms with Crippen LogP contribution in [0.25, 0.3) is 0 Å². The second kappa shape index (κ2) is 10.1. The van der Waals surface area contributed by atoms with Crippen LogP contribution in [0.3, 0.4) is 0 Å². The first-order chi connectivity index (χ1) is 14.2. The third-order valence-electron chi connectivity index (χ3n) is 4.19. The fourth-order valence-corrected chi connectivity index (χ4v) is 2.67. The Bertz CT molecular complexity index is 910. The molecule has 0 bridgehead atoms. The molecule has 1 aromatic heterocycles. The highest BCUT2D eigenvalue weighted by Crippen LogP contribution is 2.18. The van der Waals surface area contributed by atoms with Crippen LogP contribution in [0.15, 0.2) is 60.7 Å². The SMILES string of the molecule is CCOc1ccc(Nc2ccc(C(=O)NCCc3ccc(OC)cc3)nn2)cc1. The van der Waals surface area contributed by atoms with Crippen molar-refractivity contribution in [3.05, 3.63) is 71.9 Å². The minimum absolute atomic E-state index is 0.251. The Balaban J connectivity index is 1.48. The molecule has 150 valence electrons. The largest absolute Gasteiger partial charge is 0.497 e. The van der Waals surface area contributed by atoms with Crippen molar-refractivity contribution < 1.29 is 14.3 Å². The lowest BCUT2D eigenvalue weighted by Gasteiger charge is -2.08. The molecule has 0 atom stereocenters. The van der Waals surface area contributed by atoms with Gasteiger partial charge in [0.05, 0.1) is 13.7 Å². The van der Waals surface area contributed by atoms with Crippen molar-refractivity contribution in [1.29, 1.82) is 0 Å². The molecule has 29 heavy (non-hydrogen) atoms. The zero-order valence-electron chi connectivity index (χ0n) is 16.5. The summed E-state index contributed by atoms with van der Waals surface area (Å²) < 4.78 is 10.6. The number of hydrogen-bond donors (Lipinski definition) is 2. The van der Waals surface area contributed by atoms with Gasteiger partial charge in [0.2, 0.25) is 0 Å². The maximum Gasteiger partial charge on any atom is 0.271 e. The van der Waals surface area contributed by atoms with Gasteiger partial charge in [-0.3, -0.25) is 4.79 Å². The Morgan fingerprint density at radius 1 is 0.931 bits per heavy atom. The Labute approximate surface area is 170 Å². The average Bonchev–Trinajstić information content (AvgIpc) is 2.76. The molecule has 0 spiro atoms. The van der Waals surface area contributed by atoms with Gasteiger partial charge in [-0.1, -0.05) is 12.1 Å². The first-order valence-corrected chi connectivity index (χ1v) is 9.42. The van der Waals surface area contributed by atoms with Crippen molar-refractivity contribution in [3.63, 3.8) is 0 Å². The minimum atomic E-state index is -0.251. The normalized spacial score (nSPS) is 10.3. The summed E-state index contributed by atoms with van der Waals surface area (Å²) in [6, 6.07) is 18.7. The Morgan fingerprint density at radius 2 is 1.66 bits per heavy atom. The van der Waals surface area contributed by atoms with Crippen LogP contribution in [0.5, 0.6) is 11.5 Å². The topological polar surface area (TPSA) is 85.4 Å². The highest BCUT2D eigenvalue weighted by molar-refractivity contribution is 5.92. The van der Waals surface area contributed by atoms with E-state index in [2.05, 4.69) is 20.8 Å². The van der Waals surface area contributed by atoms with Gasteiger partial charge in [-0.05, 0) is 67.4 Å². The molecule has 1 heterocycles. The maximum absolute atomic E-state index is 12.2. The molecular weight excluding hydrogens is 368 g/mol. The van der Waals surface area contributed by atoms with Crippen molar-refractivity contribution in [2.24, 2.45) is 0 Å². The van der Waals surface area contributed by atoms with E-state index in [9.17, 15) is 4.79 Å². The van der Waals surface area contributed by atoms with E-state index >= 15 is 0 Å². The molecule has 0 radical (unpaired) electrons. The van der Waals surface area contributed by atoms with Gasteiger partial charge < -0.3 is 20.1 Å². The zero-order valence-corrected chi connectivity index (χ0v) is 16.5. The number of carbonyl (C=O) groups excluding carboxylic acids is 1. The van der Waals surface area contributed by atoms with Crippen molar-refractivity contribution in [3.8, 4) is 11.5 Å². The van der Waals surface area contributed by atoms with Gasteiger partial charge in [0.25, 0.3) is 5.91 Å². The van der Waals surface area contributed by atoms with Crippen LogP contribution in [-0.4, -0.2) is 36.4 Å². The second-order valence-electron chi connectivity index (χ2n) is 6.24. The van der Waals surface area contributed by atoms with Gasteiger partial charge in [-0.15, -0.1) is 10.2 Å². The molecule has 3 rings (SSSR count). The molecule has 0 aliphatic heterocycles. The van der Waals surface area contributed by atoms with E-state index in [1.807, 2.05) is 55.5 Å². The van der Waals surface area contributed by atoms with Crippen molar-refractivity contribution in [2.45, 2.75) is 13.3 Å². The summed E-state index contributed by atoms with van der Waals surface area (Å²) in [4.78, 5) is 12.2. The van der Waals surface area contributed by atoms with E-state index in [1.165, 1.54) is 0 Å². The number of nitrogens with one attached hydrogen (secondary N) is 2. The highest BCUT2D eigenvalue weighted by Gasteiger charge is 2.08. The first-order valence-electron chi connectivity index (χ1n) is 9.42. The average molecular weight is 392 g/mol. The van der Waals surface area contributed by atoms with E-state index in [1.54, 1.807) is 19.2 Å². The lowest BCUT2D eigenvalue weighted by Crippen LogP contribution is -2.26. The van der Waals surface area contributed by atoms with Gasteiger partial charge in [-0.25, -0.2) is 0 Å². The smallest absolute Gasteiger partial charge is 0.271 e. The molecule has 7 nitrogen and oxygen atoms in total. The summed E-state index contributed by atoms with van der Waals surface area (Å²) in [5.41, 5.74) is 2.25. The Kier molecular flexibility index (Phi) is 7.00. The quantitative estimate of drug-likeness (QED) is 0.579. The number of nitrogens with zero attached hydrogens (tertiary/aromatic N) is 2. The lowest BCUT2D eigenvalue weighted by molar-refractivity contribution is 0.0948. The fourth-order valence-electron chi connectivity index (χ4n) is 2.67. The van der Waals surface area contributed by atoms with Gasteiger partial charge in [0.1, 0.15) is 11.5 Å². The number of ether oxygens (including phenoxy) is 2. The van der Waals surface area contributed by atoms with Crippen molar-refractivity contribution >= 4 is 17.4 Å². The number of amides is 1. The molecular formula is C22H24N4O3. The van der Waals surface area contributed by atoms with E-state index in [4.69, 9.17) is 9.47 Å². The first kappa shape index (κ1) is 20.1. The molecule has 0 aliphatic carbocycles. The molecule has 0 saturated heterocycles. The fraction of sp³-hybridized carbons (Fsp3) is 0.227. The third-order valence-corrected chi connectivity index (χ3v) is 4.19. The molecule has 2 N–H and O–H groups in total. The zero-order chi connectivity index (χ0) is 20.5. The summed E-state index contributed by atoms with van der Waals surface area (Å²) in [5.74, 6) is 1.93. The molecule has 7 heteroatoms. The number of benzene rings is 2. The third kappa shape index (κ3) is 5.93. The molecule has 1 amide bonds. The van der Waals surface area contributed by atoms with Gasteiger partial charge in [0, 0.05) is 12.2 Å². The Morgan fingerprint density at radius 3 is 2.28 bits per heavy atom. The van der Waals surface area contributed by atoms with E-state index in [-0.39, 0.29) is 11.6 Å². The van der Waals surface area contributed by atoms with Crippen LogP contribution in [-0.2, 0) is 6.42 Å². The van der Waals surface area contributed by atoms with Crippen LogP contribution in [0, 0.1) is 0 Å². The maximum atomic E-state index is 12.2. The van der Waals surface area contributed by atoms with Gasteiger partial charge in [-0.2, -0.15) is 0 Å². The van der Waals surface area contributed by atoms with Gasteiger partial charge >= 0.3 is 0 Å². The molecule has 2 aromatic carbocycles. The van der Waals surface area contributed by atoms with E-state index in [0.29, 0.717) is 19.0 Å². The second-order valence-corrected chi connectivity index (χ2v) is 6.24. The monoisotopic (exact) mass is 392 g/mol. The molecule has 0 fully saturated rings. The number of carbonyl (C=O) groups is 1. The van der Waals surface area contributed by atoms with Gasteiger partial charge in [0.15, 0.2) is 11.5 Å². The molecule has 0 saturated carbocycles. The summed E-state index contributed by atoms with van der Waals surface area (Å²) in [6.07, 6.45) is 0.723.